The van der Waals surface area contributed by atoms with E-state index in [1.807, 2.05) is 11.8 Å². The molecule has 96 valence electrons. The van der Waals surface area contributed by atoms with Crippen molar-refractivity contribution in [2.24, 2.45) is 5.73 Å². The van der Waals surface area contributed by atoms with Gasteiger partial charge in [0.1, 0.15) is 0 Å². The van der Waals surface area contributed by atoms with E-state index in [1.54, 1.807) is 0 Å². The van der Waals surface area contributed by atoms with E-state index in [4.69, 9.17) is 5.73 Å². The number of hydrogen-bond donors (Lipinski definition) is 2. The lowest BCUT2D eigenvalue weighted by molar-refractivity contribution is 0.419. The zero-order valence-corrected chi connectivity index (χ0v) is 11.4. The van der Waals surface area contributed by atoms with E-state index >= 15 is 0 Å². The summed E-state index contributed by atoms with van der Waals surface area (Å²) in [6.07, 6.45) is 6.82. The van der Waals surface area contributed by atoms with E-state index in [0.29, 0.717) is 18.2 Å². The summed E-state index contributed by atoms with van der Waals surface area (Å²) in [6, 6.07) is 0.145. The maximum absolute atomic E-state index is 11.6. The average molecular weight is 266 g/mol. The molecule has 0 aromatic heterocycles. The molecule has 3 N–H and O–H groups in total. The Morgan fingerprint density at radius 3 is 2.44 bits per heavy atom. The highest BCUT2D eigenvalue weighted by molar-refractivity contribution is 7.99. The van der Waals surface area contributed by atoms with Crippen LogP contribution >= 0.6 is 11.8 Å². The van der Waals surface area contributed by atoms with Gasteiger partial charge in [0.15, 0.2) is 0 Å². The molecule has 0 bridgehead atoms. The summed E-state index contributed by atoms with van der Waals surface area (Å²) in [4.78, 5) is 0. The molecule has 0 unspecified atom stereocenters. The second-order valence-electron chi connectivity index (χ2n) is 4.29. The van der Waals surface area contributed by atoms with Crippen LogP contribution in [0.15, 0.2) is 0 Å². The molecule has 1 aliphatic rings. The Morgan fingerprint density at radius 2 is 1.94 bits per heavy atom. The summed E-state index contributed by atoms with van der Waals surface area (Å²) in [7, 11) is -3.10. The van der Waals surface area contributed by atoms with Crippen molar-refractivity contribution in [1.82, 2.24) is 4.72 Å². The van der Waals surface area contributed by atoms with Gasteiger partial charge in [-0.25, -0.2) is 13.1 Å². The molecule has 0 saturated heterocycles. The van der Waals surface area contributed by atoms with Gasteiger partial charge < -0.3 is 5.73 Å². The lowest BCUT2D eigenvalue weighted by atomic mass is 9.96. The number of rotatable bonds is 6. The number of hydrogen-bond acceptors (Lipinski definition) is 4. The zero-order chi connectivity index (χ0) is 12.0. The maximum atomic E-state index is 11.6. The van der Waals surface area contributed by atoms with Crippen LogP contribution in [0.2, 0.25) is 0 Å². The fourth-order valence-electron chi connectivity index (χ4n) is 2.00. The van der Waals surface area contributed by atoms with Gasteiger partial charge in [-0.1, -0.05) is 0 Å². The molecule has 0 aromatic rings. The van der Waals surface area contributed by atoms with E-state index in [1.165, 1.54) is 0 Å². The summed E-state index contributed by atoms with van der Waals surface area (Å²) in [5.41, 5.74) is 5.31. The smallest absolute Gasteiger partial charge is 0.211 e. The minimum Gasteiger partial charge on any atom is -0.330 e. The molecule has 0 amide bonds. The molecule has 1 rings (SSSR count). The third-order valence-electron chi connectivity index (χ3n) is 2.97. The fraction of sp³-hybridized carbons (Fsp3) is 1.00. The molecule has 16 heavy (non-hydrogen) atoms. The molecule has 0 heterocycles. The Morgan fingerprint density at radius 1 is 1.31 bits per heavy atom. The number of sulfonamides is 1. The lowest BCUT2D eigenvalue weighted by Crippen LogP contribution is -2.39. The van der Waals surface area contributed by atoms with E-state index in [0.717, 1.165) is 25.7 Å². The van der Waals surface area contributed by atoms with E-state index in [-0.39, 0.29) is 11.8 Å². The fourth-order valence-corrected chi connectivity index (χ4v) is 4.15. The molecule has 4 nitrogen and oxygen atoms in total. The quantitative estimate of drug-likeness (QED) is 0.750. The van der Waals surface area contributed by atoms with Gasteiger partial charge in [0.2, 0.25) is 10.0 Å². The molecule has 0 atom stereocenters. The predicted octanol–water partition coefficient (Wildman–Crippen LogP) is 0.929. The van der Waals surface area contributed by atoms with Crippen LogP contribution in [0.25, 0.3) is 0 Å². The lowest BCUT2D eigenvalue weighted by Gasteiger charge is -2.27. The van der Waals surface area contributed by atoms with Crippen LogP contribution in [0, 0.1) is 0 Å². The van der Waals surface area contributed by atoms with Gasteiger partial charge >= 0.3 is 0 Å². The van der Waals surface area contributed by atoms with E-state index in [9.17, 15) is 8.42 Å². The standard InChI is InChI=1S/C10H22N2O2S2/c1-15-10-5-3-9(4-6-10)12-16(13,14)8-2-7-11/h9-10,12H,2-8,11H2,1H3. The van der Waals surface area contributed by atoms with Crippen LogP contribution in [0.5, 0.6) is 0 Å². The van der Waals surface area contributed by atoms with Gasteiger partial charge in [-0.05, 0) is 44.9 Å². The summed E-state index contributed by atoms with van der Waals surface area (Å²) < 4.78 is 26.1. The first-order valence-corrected chi connectivity index (χ1v) is 8.74. The van der Waals surface area contributed by atoms with Gasteiger partial charge in [-0.15, -0.1) is 0 Å². The van der Waals surface area contributed by atoms with Crippen molar-refractivity contribution in [3.05, 3.63) is 0 Å². The summed E-state index contributed by atoms with van der Waals surface area (Å²) in [5.74, 6) is 0.159. The third-order valence-corrected chi connectivity index (χ3v) is 5.63. The molecule has 0 aliphatic heterocycles. The highest BCUT2D eigenvalue weighted by Crippen LogP contribution is 2.27. The SMILES string of the molecule is CSC1CCC(NS(=O)(=O)CCCN)CC1. The Balaban J connectivity index is 2.32. The van der Waals surface area contributed by atoms with Crippen LogP contribution in [-0.2, 0) is 10.0 Å². The normalized spacial score (nSPS) is 26.9. The summed E-state index contributed by atoms with van der Waals surface area (Å²) in [5, 5.41) is 0.713. The monoisotopic (exact) mass is 266 g/mol. The predicted molar refractivity (Wildman–Crippen MR) is 70.2 cm³/mol. The Bertz CT molecular complexity index is 285. The first-order valence-electron chi connectivity index (χ1n) is 5.80. The van der Waals surface area contributed by atoms with E-state index in [2.05, 4.69) is 11.0 Å². The van der Waals surface area contributed by atoms with Gasteiger partial charge in [-0.3, -0.25) is 0 Å². The summed E-state index contributed by atoms with van der Waals surface area (Å²) >= 11 is 1.89. The van der Waals surface area contributed by atoms with Crippen LogP contribution in [0.4, 0.5) is 0 Å². The number of nitrogens with one attached hydrogen (secondary N) is 1. The maximum Gasteiger partial charge on any atom is 0.211 e. The van der Waals surface area contributed by atoms with Crippen molar-refractivity contribution in [2.45, 2.75) is 43.4 Å². The van der Waals surface area contributed by atoms with E-state index < -0.39 is 10.0 Å². The first kappa shape index (κ1) is 14.3. The Kier molecular flexibility index (Phi) is 6.10. The first-order chi connectivity index (χ1) is 7.57. The Hall–Kier alpha value is 0.220. The largest absolute Gasteiger partial charge is 0.330 e. The molecular formula is C10H22N2O2S2. The molecular weight excluding hydrogens is 244 g/mol. The molecule has 0 aromatic carbocycles. The minimum absolute atomic E-state index is 0.145. The van der Waals surface area contributed by atoms with Crippen molar-refractivity contribution >= 4 is 21.8 Å². The second kappa shape index (κ2) is 6.83. The van der Waals surface area contributed by atoms with Crippen LogP contribution in [0.3, 0.4) is 0 Å². The van der Waals surface area contributed by atoms with Crippen molar-refractivity contribution in [3.8, 4) is 0 Å². The zero-order valence-electron chi connectivity index (χ0n) is 9.81. The molecule has 1 saturated carbocycles. The van der Waals surface area contributed by atoms with Gasteiger partial charge in [0.25, 0.3) is 0 Å². The Labute approximate surface area is 103 Å². The number of nitrogens with two attached hydrogens (primary N) is 1. The molecule has 1 fully saturated rings. The summed E-state index contributed by atoms with van der Waals surface area (Å²) in [6.45, 7) is 0.431. The van der Waals surface area contributed by atoms with Crippen molar-refractivity contribution in [2.75, 3.05) is 18.6 Å². The molecule has 0 spiro atoms. The second-order valence-corrected chi connectivity index (χ2v) is 7.30. The van der Waals surface area contributed by atoms with Crippen LogP contribution in [0.1, 0.15) is 32.1 Å². The van der Waals surface area contributed by atoms with Crippen molar-refractivity contribution in [1.29, 1.82) is 0 Å². The van der Waals surface area contributed by atoms with Crippen LogP contribution < -0.4 is 10.5 Å². The molecule has 0 radical (unpaired) electrons. The molecule has 1 aliphatic carbocycles. The van der Waals surface area contributed by atoms with Gasteiger partial charge in [0.05, 0.1) is 5.75 Å². The third kappa shape index (κ3) is 5.03. The number of thioether (sulfide) groups is 1. The minimum atomic E-state index is -3.10. The van der Waals surface area contributed by atoms with Crippen molar-refractivity contribution < 1.29 is 8.42 Å². The van der Waals surface area contributed by atoms with Crippen molar-refractivity contribution in [3.63, 3.8) is 0 Å². The topological polar surface area (TPSA) is 72.2 Å². The highest BCUT2D eigenvalue weighted by atomic mass is 32.2. The van der Waals surface area contributed by atoms with Gasteiger partial charge in [0, 0.05) is 11.3 Å². The van der Waals surface area contributed by atoms with Crippen LogP contribution in [-0.4, -0.2) is 38.3 Å². The highest BCUT2D eigenvalue weighted by Gasteiger charge is 2.23. The average Bonchev–Trinajstić information content (AvgIpc) is 2.27. The molecule has 6 heteroatoms. The van der Waals surface area contributed by atoms with Gasteiger partial charge in [-0.2, -0.15) is 11.8 Å².